The summed E-state index contributed by atoms with van der Waals surface area (Å²) < 4.78 is 0. The third kappa shape index (κ3) is 4.36. The van der Waals surface area contributed by atoms with Gasteiger partial charge in [0.05, 0.1) is 5.39 Å². The minimum atomic E-state index is -0.134. The number of amides is 2. The molecule has 2 aromatic heterocycles. The number of benzene rings is 1. The lowest BCUT2D eigenvalue weighted by Crippen LogP contribution is -2.36. The minimum absolute atomic E-state index is 0.134. The Kier molecular flexibility index (Phi) is 5.90. The lowest BCUT2D eigenvalue weighted by atomic mass is 10.2. The first-order valence-electron chi connectivity index (χ1n) is 9.28. The summed E-state index contributed by atoms with van der Waals surface area (Å²) in [6, 6.07) is 9.81. The highest BCUT2D eigenvalue weighted by Gasteiger charge is 2.14. The molecule has 3 aromatic rings. The molecule has 27 heavy (non-hydrogen) atoms. The maximum Gasteiger partial charge on any atom is 0.314 e. The number of carbonyl (C=O) groups is 1. The molecule has 0 saturated carbocycles. The smallest absolute Gasteiger partial charge is 0.314 e. The normalized spacial score (nSPS) is 10.8. The Bertz CT molecular complexity index is 919. The van der Waals surface area contributed by atoms with E-state index in [-0.39, 0.29) is 6.03 Å². The number of rotatable bonds is 7. The fraction of sp³-hybridized carbons (Fsp3) is 0.350. The summed E-state index contributed by atoms with van der Waals surface area (Å²) in [5, 5.41) is 9.98. The molecule has 3 rings (SSSR count). The van der Waals surface area contributed by atoms with Crippen molar-refractivity contribution in [2.24, 2.45) is 0 Å². The number of aryl methyl sites for hydroxylation is 2. The van der Waals surface area contributed by atoms with Crippen LogP contribution in [-0.4, -0.2) is 40.6 Å². The predicted molar refractivity (Wildman–Crippen MR) is 109 cm³/mol. The Hall–Kier alpha value is -3.09. The number of urea groups is 1. The van der Waals surface area contributed by atoms with Gasteiger partial charge >= 0.3 is 6.03 Å². The second kappa shape index (κ2) is 8.53. The van der Waals surface area contributed by atoms with Gasteiger partial charge in [-0.15, -0.1) is 0 Å². The molecule has 0 fully saturated rings. The number of nitrogens with zero attached hydrogens (tertiary/aromatic N) is 2. The quantitative estimate of drug-likeness (QED) is 0.482. The molecule has 4 N–H and O–H groups in total. The van der Waals surface area contributed by atoms with Gasteiger partial charge in [0, 0.05) is 30.9 Å². The van der Waals surface area contributed by atoms with E-state index >= 15 is 0 Å². The van der Waals surface area contributed by atoms with Crippen molar-refractivity contribution in [2.75, 3.05) is 25.0 Å². The van der Waals surface area contributed by atoms with Crippen molar-refractivity contribution in [1.29, 1.82) is 0 Å². The third-order valence-corrected chi connectivity index (χ3v) is 4.45. The van der Waals surface area contributed by atoms with Crippen LogP contribution in [0.1, 0.15) is 24.6 Å². The van der Waals surface area contributed by atoms with Crippen LogP contribution in [0.2, 0.25) is 0 Å². The maximum atomic E-state index is 11.4. The molecule has 7 heteroatoms. The molecule has 7 nitrogen and oxygen atoms in total. The van der Waals surface area contributed by atoms with Crippen LogP contribution in [-0.2, 0) is 0 Å². The third-order valence-electron chi connectivity index (χ3n) is 4.45. The van der Waals surface area contributed by atoms with Crippen LogP contribution in [0.4, 0.5) is 10.6 Å². The van der Waals surface area contributed by atoms with Crippen molar-refractivity contribution in [3.05, 3.63) is 41.6 Å². The van der Waals surface area contributed by atoms with Gasteiger partial charge in [-0.2, -0.15) is 0 Å². The molecule has 0 radical (unpaired) electrons. The lowest BCUT2D eigenvalue weighted by molar-refractivity contribution is 0.241. The van der Waals surface area contributed by atoms with E-state index in [0.29, 0.717) is 25.5 Å². The molecule has 0 unspecified atom stereocenters. The molecular weight excluding hydrogens is 340 g/mol. The van der Waals surface area contributed by atoms with Gasteiger partial charge in [-0.25, -0.2) is 14.8 Å². The number of H-pyrrole nitrogens is 1. The Morgan fingerprint density at radius 3 is 2.59 bits per heavy atom. The van der Waals surface area contributed by atoms with Crippen molar-refractivity contribution < 1.29 is 4.79 Å². The molecule has 0 saturated heterocycles. The Morgan fingerprint density at radius 2 is 1.85 bits per heavy atom. The average Bonchev–Trinajstić information content (AvgIpc) is 2.96. The van der Waals surface area contributed by atoms with Crippen LogP contribution in [0.3, 0.4) is 0 Å². The molecular formula is C20H26N6O. The van der Waals surface area contributed by atoms with E-state index < -0.39 is 0 Å². The standard InChI is InChI=1S/C20H26N6O/c1-4-21-20(27)23-12-8-11-22-18-16-13(2)14(3)24-19(16)26-17(25-18)15-9-6-5-7-10-15/h5-7,9-10H,4,8,11-12H2,1-3H3,(H2,21,23,27)(H2,22,24,25,26). The molecule has 2 heterocycles. The second-order valence-corrected chi connectivity index (χ2v) is 6.43. The van der Waals surface area contributed by atoms with Gasteiger partial charge in [0.25, 0.3) is 0 Å². The number of aromatic amines is 1. The number of carbonyl (C=O) groups excluding carboxylic acids is 1. The van der Waals surface area contributed by atoms with Crippen LogP contribution in [0.25, 0.3) is 22.4 Å². The fourth-order valence-corrected chi connectivity index (χ4v) is 2.93. The van der Waals surface area contributed by atoms with Crippen molar-refractivity contribution in [3.63, 3.8) is 0 Å². The number of aromatic nitrogens is 3. The topological polar surface area (TPSA) is 94.7 Å². The highest BCUT2D eigenvalue weighted by atomic mass is 16.2. The number of hydrogen-bond acceptors (Lipinski definition) is 4. The van der Waals surface area contributed by atoms with E-state index in [9.17, 15) is 4.79 Å². The first-order valence-corrected chi connectivity index (χ1v) is 9.28. The van der Waals surface area contributed by atoms with E-state index in [1.165, 1.54) is 0 Å². The van der Waals surface area contributed by atoms with Crippen molar-refractivity contribution >= 4 is 22.9 Å². The molecule has 0 atom stereocenters. The number of nitrogens with one attached hydrogen (secondary N) is 4. The Morgan fingerprint density at radius 1 is 1.07 bits per heavy atom. The summed E-state index contributed by atoms with van der Waals surface area (Å²) in [5.74, 6) is 1.51. The molecule has 0 spiro atoms. The van der Waals surface area contributed by atoms with Gasteiger partial charge < -0.3 is 20.9 Å². The van der Waals surface area contributed by atoms with E-state index in [2.05, 4.69) is 27.9 Å². The molecule has 0 aliphatic heterocycles. The number of fused-ring (bicyclic) bond motifs is 1. The largest absolute Gasteiger partial charge is 0.369 e. The van der Waals surface area contributed by atoms with Crippen molar-refractivity contribution in [1.82, 2.24) is 25.6 Å². The lowest BCUT2D eigenvalue weighted by Gasteiger charge is -2.10. The van der Waals surface area contributed by atoms with Crippen molar-refractivity contribution in [2.45, 2.75) is 27.2 Å². The van der Waals surface area contributed by atoms with Gasteiger partial charge in [-0.05, 0) is 32.8 Å². The summed E-state index contributed by atoms with van der Waals surface area (Å²) in [6.45, 7) is 7.94. The van der Waals surface area contributed by atoms with Gasteiger partial charge in [0.1, 0.15) is 11.5 Å². The van der Waals surface area contributed by atoms with Gasteiger partial charge in [0.2, 0.25) is 0 Å². The van der Waals surface area contributed by atoms with Crippen LogP contribution >= 0.6 is 0 Å². The molecule has 1 aromatic carbocycles. The predicted octanol–water partition coefficient (Wildman–Crippen LogP) is 3.36. The number of hydrogen-bond donors (Lipinski definition) is 4. The number of anilines is 1. The van der Waals surface area contributed by atoms with E-state index in [0.717, 1.165) is 40.1 Å². The summed E-state index contributed by atoms with van der Waals surface area (Å²) in [6.07, 6.45) is 0.797. The molecule has 0 aliphatic carbocycles. The van der Waals surface area contributed by atoms with Crippen LogP contribution in [0.5, 0.6) is 0 Å². The highest BCUT2D eigenvalue weighted by molar-refractivity contribution is 5.92. The Labute approximate surface area is 159 Å². The molecule has 0 aliphatic rings. The first kappa shape index (κ1) is 18.7. The monoisotopic (exact) mass is 366 g/mol. The zero-order chi connectivity index (χ0) is 19.2. The molecule has 0 bridgehead atoms. The van der Waals surface area contributed by atoms with Gasteiger partial charge in [-0.3, -0.25) is 0 Å². The maximum absolute atomic E-state index is 11.4. The summed E-state index contributed by atoms with van der Waals surface area (Å²) in [7, 11) is 0. The van der Waals surface area contributed by atoms with Crippen LogP contribution < -0.4 is 16.0 Å². The van der Waals surface area contributed by atoms with Gasteiger partial charge in [0.15, 0.2) is 5.82 Å². The van der Waals surface area contributed by atoms with Crippen molar-refractivity contribution in [3.8, 4) is 11.4 Å². The Balaban J connectivity index is 1.77. The van der Waals surface area contributed by atoms with Crippen LogP contribution in [0, 0.1) is 13.8 Å². The average molecular weight is 366 g/mol. The summed E-state index contributed by atoms with van der Waals surface area (Å²) in [5.41, 5.74) is 4.05. The summed E-state index contributed by atoms with van der Waals surface area (Å²) in [4.78, 5) is 24.3. The summed E-state index contributed by atoms with van der Waals surface area (Å²) >= 11 is 0. The molecule has 2 amide bonds. The minimum Gasteiger partial charge on any atom is -0.369 e. The molecule has 142 valence electrons. The van der Waals surface area contributed by atoms with E-state index in [1.807, 2.05) is 44.2 Å². The van der Waals surface area contributed by atoms with Gasteiger partial charge in [-0.1, -0.05) is 30.3 Å². The van der Waals surface area contributed by atoms with E-state index in [1.54, 1.807) is 0 Å². The van der Waals surface area contributed by atoms with E-state index in [4.69, 9.17) is 9.97 Å². The SMILES string of the molecule is CCNC(=O)NCCCNc1nc(-c2ccccc2)nc2[nH]c(C)c(C)c12. The second-order valence-electron chi connectivity index (χ2n) is 6.43. The fourth-order valence-electron chi connectivity index (χ4n) is 2.93. The zero-order valence-electron chi connectivity index (χ0n) is 16.0. The highest BCUT2D eigenvalue weighted by Crippen LogP contribution is 2.29. The zero-order valence-corrected chi connectivity index (χ0v) is 16.0. The first-order chi connectivity index (χ1) is 13.1. The van der Waals surface area contributed by atoms with Crippen LogP contribution in [0.15, 0.2) is 30.3 Å².